The molecule has 70 valence electrons. The molecule has 0 aliphatic rings. The van der Waals surface area contributed by atoms with Gasteiger partial charge in [0.1, 0.15) is 0 Å². The maximum Gasteiger partial charge on any atom is 0.305 e. The van der Waals surface area contributed by atoms with Crippen LogP contribution in [0.3, 0.4) is 0 Å². The van der Waals surface area contributed by atoms with E-state index in [9.17, 15) is 4.79 Å². The summed E-state index contributed by atoms with van der Waals surface area (Å²) in [6, 6.07) is 0. The quantitative estimate of drug-likeness (QED) is 0.429. The van der Waals surface area contributed by atoms with Crippen molar-refractivity contribution in [1.29, 1.82) is 5.41 Å². The Labute approximate surface area is 72.5 Å². The van der Waals surface area contributed by atoms with Crippen molar-refractivity contribution in [3.05, 3.63) is 0 Å². The number of hydrogen-bond donors (Lipinski definition) is 3. The Morgan fingerprint density at radius 2 is 2.25 bits per heavy atom. The number of nitrogens with one attached hydrogen (secondary N) is 2. The van der Waals surface area contributed by atoms with Crippen LogP contribution in [-0.4, -0.2) is 23.5 Å². The van der Waals surface area contributed by atoms with Crippen LogP contribution < -0.4 is 5.32 Å². The zero-order chi connectivity index (χ0) is 9.56. The van der Waals surface area contributed by atoms with Crippen molar-refractivity contribution in [1.82, 2.24) is 5.32 Å². The number of rotatable bonds is 5. The predicted molar refractivity (Wildman–Crippen MR) is 47.4 cm³/mol. The minimum absolute atomic E-state index is 0.0683. The average molecular weight is 172 g/mol. The van der Waals surface area contributed by atoms with Crippen LogP contribution in [0.4, 0.5) is 0 Å². The van der Waals surface area contributed by atoms with Crippen LogP contribution >= 0.6 is 0 Å². The van der Waals surface area contributed by atoms with Crippen LogP contribution in [0.25, 0.3) is 0 Å². The standard InChI is InChI=1S/C8H16N2O2/c1-3-6(2)8(9)10-5-4-7(11)12/h6H,3-5H2,1-2H3,(H2,9,10)(H,11,12). The van der Waals surface area contributed by atoms with E-state index in [1.165, 1.54) is 0 Å². The summed E-state index contributed by atoms with van der Waals surface area (Å²) in [5.74, 6) is -0.211. The van der Waals surface area contributed by atoms with Gasteiger partial charge in [-0.3, -0.25) is 10.2 Å². The maximum absolute atomic E-state index is 10.1. The second kappa shape index (κ2) is 5.57. The fourth-order valence-corrected chi connectivity index (χ4v) is 0.682. The predicted octanol–water partition coefficient (Wildman–Crippen LogP) is 1.07. The molecule has 0 heterocycles. The average Bonchev–Trinajstić information content (AvgIpc) is 2.02. The Bertz CT molecular complexity index is 168. The van der Waals surface area contributed by atoms with Gasteiger partial charge in [0.15, 0.2) is 0 Å². The fraction of sp³-hybridized carbons (Fsp3) is 0.750. The number of carboxylic acids is 1. The van der Waals surface area contributed by atoms with Gasteiger partial charge in [-0.1, -0.05) is 13.8 Å². The third-order valence-corrected chi connectivity index (χ3v) is 1.76. The van der Waals surface area contributed by atoms with Gasteiger partial charge >= 0.3 is 5.97 Å². The van der Waals surface area contributed by atoms with Crippen LogP contribution in [0.1, 0.15) is 26.7 Å². The molecule has 4 nitrogen and oxygen atoms in total. The van der Waals surface area contributed by atoms with Gasteiger partial charge in [-0.15, -0.1) is 0 Å². The highest BCUT2D eigenvalue weighted by Crippen LogP contribution is 1.99. The Morgan fingerprint density at radius 3 is 2.67 bits per heavy atom. The number of carboxylic acid groups (broad SMARTS) is 1. The van der Waals surface area contributed by atoms with Gasteiger partial charge in [0, 0.05) is 12.5 Å². The van der Waals surface area contributed by atoms with Gasteiger partial charge in [0.05, 0.1) is 12.3 Å². The van der Waals surface area contributed by atoms with E-state index >= 15 is 0 Å². The summed E-state index contributed by atoms with van der Waals surface area (Å²) in [6.07, 6.45) is 0.970. The summed E-state index contributed by atoms with van der Waals surface area (Å²) in [4.78, 5) is 10.1. The first-order chi connectivity index (χ1) is 5.57. The lowest BCUT2D eigenvalue weighted by Crippen LogP contribution is -2.30. The highest BCUT2D eigenvalue weighted by Gasteiger charge is 2.05. The smallest absolute Gasteiger partial charge is 0.305 e. The lowest BCUT2D eigenvalue weighted by molar-refractivity contribution is -0.136. The summed E-state index contributed by atoms with van der Waals surface area (Å²) >= 11 is 0. The Morgan fingerprint density at radius 1 is 1.67 bits per heavy atom. The first-order valence-electron chi connectivity index (χ1n) is 4.12. The third-order valence-electron chi connectivity index (χ3n) is 1.76. The zero-order valence-electron chi connectivity index (χ0n) is 7.55. The molecule has 1 unspecified atom stereocenters. The molecule has 0 rings (SSSR count). The molecule has 0 fully saturated rings. The molecular weight excluding hydrogens is 156 g/mol. The minimum Gasteiger partial charge on any atom is -0.481 e. The highest BCUT2D eigenvalue weighted by atomic mass is 16.4. The normalized spacial score (nSPS) is 12.2. The van der Waals surface area contributed by atoms with Gasteiger partial charge < -0.3 is 10.4 Å². The monoisotopic (exact) mass is 172 g/mol. The van der Waals surface area contributed by atoms with Crippen LogP contribution in [0.15, 0.2) is 0 Å². The molecule has 0 spiro atoms. The van der Waals surface area contributed by atoms with Gasteiger partial charge in [0.2, 0.25) is 0 Å². The molecule has 3 N–H and O–H groups in total. The van der Waals surface area contributed by atoms with Gasteiger partial charge in [-0.05, 0) is 6.42 Å². The van der Waals surface area contributed by atoms with Crippen molar-refractivity contribution in [3.8, 4) is 0 Å². The van der Waals surface area contributed by atoms with Gasteiger partial charge in [-0.25, -0.2) is 0 Å². The van der Waals surface area contributed by atoms with E-state index in [4.69, 9.17) is 10.5 Å². The maximum atomic E-state index is 10.1. The molecule has 0 bridgehead atoms. The van der Waals surface area contributed by atoms with E-state index in [-0.39, 0.29) is 12.3 Å². The van der Waals surface area contributed by atoms with Crippen molar-refractivity contribution in [2.45, 2.75) is 26.7 Å². The minimum atomic E-state index is -0.834. The number of amidine groups is 1. The van der Waals surface area contributed by atoms with Gasteiger partial charge in [-0.2, -0.15) is 0 Å². The molecule has 12 heavy (non-hydrogen) atoms. The second-order valence-electron chi connectivity index (χ2n) is 2.79. The first kappa shape index (κ1) is 10.9. The van der Waals surface area contributed by atoms with Crippen molar-refractivity contribution in [2.24, 2.45) is 5.92 Å². The summed E-state index contributed by atoms with van der Waals surface area (Å²) < 4.78 is 0. The first-order valence-corrected chi connectivity index (χ1v) is 4.12. The van der Waals surface area contributed by atoms with Crippen molar-refractivity contribution in [3.63, 3.8) is 0 Å². The second-order valence-corrected chi connectivity index (χ2v) is 2.79. The lowest BCUT2D eigenvalue weighted by atomic mass is 10.1. The van der Waals surface area contributed by atoms with Crippen molar-refractivity contribution >= 4 is 11.8 Å². The van der Waals surface area contributed by atoms with E-state index in [1.807, 2.05) is 13.8 Å². The Balaban J connectivity index is 3.50. The molecule has 0 radical (unpaired) electrons. The van der Waals surface area contributed by atoms with Crippen LogP contribution in [-0.2, 0) is 4.79 Å². The molecule has 0 saturated heterocycles. The van der Waals surface area contributed by atoms with Crippen molar-refractivity contribution < 1.29 is 9.90 Å². The van der Waals surface area contributed by atoms with Crippen LogP contribution in [0.2, 0.25) is 0 Å². The molecular formula is C8H16N2O2. The Hall–Kier alpha value is -1.06. The summed E-state index contributed by atoms with van der Waals surface area (Å²) in [5.41, 5.74) is 0. The lowest BCUT2D eigenvalue weighted by Gasteiger charge is -2.11. The van der Waals surface area contributed by atoms with E-state index in [0.29, 0.717) is 12.4 Å². The highest BCUT2D eigenvalue weighted by molar-refractivity contribution is 5.81. The number of aliphatic carboxylic acids is 1. The molecule has 0 aliphatic heterocycles. The molecule has 0 aromatic carbocycles. The summed E-state index contributed by atoms with van der Waals surface area (Å²) in [6.45, 7) is 4.28. The van der Waals surface area contributed by atoms with Crippen LogP contribution in [0, 0.1) is 11.3 Å². The van der Waals surface area contributed by atoms with Crippen LogP contribution in [0.5, 0.6) is 0 Å². The number of carbonyl (C=O) groups is 1. The zero-order valence-corrected chi connectivity index (χ0v) is 7.55. The van der Waals surface area contributed by atoms with E-state index in [0.717, 1.165) is 6.42 Å². The van der Waals surface area contributed by atoms with Gasteiger partial charge in [0.25, 0.3) is 0 Å². The SMILES string of the molecule is CCC(C)C(=N)NCCC(=O)O. The van der Waals surface area contributed by atoms with E-state index in [1.54, 1.807) is 0 Å². The summed E-state index contributed by atoms with van der Waals surface area (Å²) in [7, 11) is 0. The molecule has 0 aliphatic carbocycles. The molecule has 0 amide bonds. The molecule has 1 atom stereocenters. The third kappa shape index (κ3) is 4.71. The largest absolute Gasteiger partial charge is 0.481 e. The topological polar surface area (TPSA) is 73.2 Å². The van der Waals surface area contributed by atoms with Crippen molar-refractivity contribution in [2.75, 3.05) is 6.54 Å². The van der Waals surface area contributed by atoms with E-state index < -0.39 is 5.97 Å². The molecule has 0 saturated carbocycles. The molecule has 0 aromatic rings. The molecule has 4 heteroatoms. The summed E-state index contributed by atoms with van der Waals surface area (Å²) in [5, 5.41) is 18.5. The number of hydrogen-bond acceptors (Lipinski definition) is 2. The van der Waals surface area contributed by atoms with E-state index in [2.05, 4.69) is 5.32 Å². The molecule has 0 aromatic heterocycles. The Kier molecular flexibility index (Phi) is 5.08. The fourth-order valence-electron chi connectivity index (χ4n) is 0.682.